The molecule has 138 valence electrons. The molecule has 0 atom stereocenters. The molecule has 26 heavy (non-hydrogen) atoms. The number of nitro groups is 1. The molecular weight excluding hydrogens is 334 g/mol. The van der Waals surface area contributed by atoms with E-state index >= 15 is 0 Å². The van der Waals surface area contributed by atoms with E-state index in [0.717, 1.165) is 43.8 Å². The van der Waals surface area contributed by atoms with Crippen molar-refractivity contribution in [2.75, 3.05) is 31.7 Å². The van der Waals surface area contributed by atoms with Crippen molar-refractivity contribution in [1.29, 1.82) is 0 Å². The summed E-state index contributed by atoms with van der Waals surface area (Å²) in [6.45, 7) is 2.66. The number of nitrogens with two attached hydrogens (primary N) is 2. The Balaban J connectivity index is 1.65. The summed E-state index contributed by atoms with van der Waals surface area (Å²) in [6, 6.07) is 8.05. The molecule has 2 aromatic rings. The summed E-state index contributed by atoms with van der Waals surface area (Å²) in [7, 11) is 1.65. The highest BCUT2D eigenvalue weighted by Gasteiger charge is 2.28. The van der Waals surface area contributed by atoms with Crippen LogP contribution in [0.2, 0.25) is 0 Å². The second-order valence-electron chi connectivity index (χ2n) is 6.52. The van der Waals surface area contributed by atoms with Gasteiger partial charge in [-0.15, -0.1) is 0 Å². The van der Waals surface area contributed by atoms with Crippen LogP contribution in [-0.2, 0) is 6.54 Å². The molecule has 2 heterocycles. The zero-order chi connectivity index (χ0) is 18.7. The van der Waals surface area contributed by atoms with Crippen LogP contribution in [0.25, 0.3) is 0 Å². The summed E-state index contributed by atoms with van der Waals surface area (Å²) in [6.07, 6.45) is 3.34. The van der Waals surface area contributed by atoms with Gasteiger partial charge in [0.1, 0.15) is 11.4 Å². The van der Waals surface area contributed by atoms with E-state index in [2.05, 4.69) is 22.0 Å². The lowest BCUT2D eigenvalue weighted by Gasteiger charge is -2.32. The third-order valence-electron chi connectivity index (χ3n) is 4.93. The number of methoxy groups -OCH3 is 1. The summed E-state index contributed by atoms with van der Waals surface area (Å²) < 4.78 is 5.18. The third kappa shape index (κ3) is 3.70. The van der Waals surface area contributed by atoms with Gasteiger partial charge in [-0.25, -0.2) is 4.98 Å². The number of hydrogen-bond donors (Lipinski definition) is 2. The van der Waals surface area contributed by atoms with Gasteiger partial charge in [-0.3, -0.25) is 15.0 Å². The van der Waals surface area contributed by atoms with Gasteiger partial charge in [0.15, 0.2) is 0 Å². The van der Waals surface area contributed by atoms with Crippen LogP contribution in [0.15, 0.2) is 30.5 Å². The average molecular weight is 357 g/mol. The Morgan fingerprint density at radius 3 is 2.50 bits per heavy atom. The number of ether oxygens (including phenoxy) is 1. The molecule has 8 nitrogen and oxygen atoms in total. The van der Waals surface area contributed by atoms with E-state index in [1.807, 2.05) is 12.1 Å². The molecule has 0 radical (unpaired) electrons. The van der Waals surface area contributed by atoms with E-state index in [9.17, 15) is 10.1 Å². The van der Waals surface area contributed by atoms with E-state index in [-0.39, 0.29) is 23.1 Å². The number of hydrogen-bond acceptors (Lipinski definition) is 7. The number of nitrogens with zero attached hydrogens (tertiary/aromatic N) is 3. The summed E-state index contributed by atoms with van der Waals surface area (Å²) >= 11 is 0. The van der Waals surface area contributed by atoms with Gasteiger partial charge in [0.2, 0.25) is 5.82 Å². The molecule has 1 fully saturated rings. The van der Waals surface area contributed by atoms with Crippen LogP contribution in [-0.4, -0.2) is 35.0 Å². The zero-order valence-electron chi connectivity index (χ0n) is 14.7. The highest BCUT2D eigenvalue weighted by Crippen LogP contribution is 2.38. The summed E-state index contributed by atoms with van der Waals surface area (Å²) in [4.78, 5) is 17.0. The molecule has 0 spiro atoms. The first-order valence-corrected chi connectivity index (χ1v) is 8.53. The second kappa shape index (κ2) is 7.57. The smallest absolute Gasteiger partial charge is 0.334 e. The third-order valence-corrected chi connectivity index (χ3v) is 4.93. The largest absolute Gasteiger partial charge is 0.497 e. The molecule has 0 aliphatic carbocycles. The zero-order valence-corrected chi connectivity index (χ0v) is 14.7. The number of pyridine rings is 1. The maximum atomic E-state index is 11.2. The van der Waals surface area contributed by atoms with Crippen LogP contribution in [0.3, 0.4) is 0 Å². The van der Waals surface area contributed by atoms with E-state index < -0.39 is 4.92 Å². The van der Waals surface area contributed by atoms with Crippen LogP contribution in [0, 0.1) is 10.1 Å². The Morgan fingerprint density at radius 2 is 1.92 bits per heavy atom. The Labute approximate surface area is 151 Å². The molecule has 1 aliphatic heterocycles. The molecule has 3 rings (SSSR count). The van der Waals surface area contributed by atoms with Crippen molar-refractivity contribution in [2.24, 2.45) is 0 Å². The fraction of sp³-hybridized carbons (Fsp3) is 0.389. The van der Waals surface area contributed by atoms with Gasteiger partial charge in [-0.1, -0.05) is 12.1 Å². The molecule has 1 aliphatic rings. The Bertz CT molecular complexity index is 786. The van der Waals surface area contributed by atoms with Gasteiger partial charge in [-0.05, 0) is 49.5 Å². The summed E-state index contributed by atoms with van der Waals surface area (Å²) in [5, 5.41) is 11.2. The molecule has 1 aromatic heterocycles. The quantitative estimate of drug-likeness (QED) is 0.623. The van der Waals surface area contributed by atoms with Crippen molar-refractivity contribution >= 4 is 17.2 Å². The maximum absolute atomic E-state index is 11.2. The number of aromatic nitrogens is 1. The molecule has 0 bridgehead atoms. The number of nitrogen functional groups attached to an aromatic ring is 2. The van der Waals surface area contributed by atoms with Crippen LogP contribution >= 0.6 is 0 Å². The first-order valence-electron chi connectivity index (χ1n) is 8.53. The van der Waals surface area contributed by atoms with E-state index in [4.69, 9.17) is 16.2 Å². The van der Waals surface area contributed by atoms with Crippen molar-refractivity contribution in [2.45, 2.75) is 25.3 Å². The number of likely N-dealkylation sites (tertiary alicyclic amines) is 1. The highest BCUT2D eigenvalue weighted by atomic mass is 16.6. The fourth-order valence-electron chi connectivity index (χ4n) is 3.45. The minimum Gasteiger partial charge on any atom is -0.497 e. The number of anilines is 2. The van der Waals surface area contributed by atoms with E-state index in [1.54, 1.807) is 13.3 Å². The van der Waals surface area contributed by atoms with E-state index in [0.29, 0.717) is 0 Å². The Hall–Kier alpha value is -2.87. The number of rotatable bonds is 5. The summed E-state index contributed by atoms with van der Waals surface area (Å²) in [5.74, 6) is 0.877. The van der Waals surface area contributed by atoms with Crippen molar-refractivity contribution in [3.63, 3.8) is 0 Å². The van der Waals surface area contributed by atoms with Gasteiger partial charge in [0, 0.05) is 18.3 Å². The molecule has 0 amide bonds. The predicted molar refractivity (Wildman–Crippen MR) is 100.0 cm³/mol. The molecule has 8 heteroatoms. The lowest BCUT2D eigenvalue weighted by Crippen LogP contribution is -2.32. The summed E-state index contributed by atoms with van der Waals surface area (Å²) in [5.41, 5.74) is 13.4. The number of benzene rings is 1. The van der Waals surface area contributed by atoms with Crippen LogP contribution < -0.4 is 16.2 Å². The topological polar surface area (TPSA) is 121 Å². The molecule has 0 saturated carbocycles. The lowest BCUT2D eigenvalue weighted by molar-refractivity contribution is -0.383. The van der Waals surface area contributed by atoms with Gasteiger partial charge >= 0.3 is 5.69 Å². The molecule has 1 aromatic carbocycles. The Morgan fingerprint density at radius 1 is 1.27 bits per heavy atom. The van der Waals surface area contributed by atoms with Crippen molar-refractivity contribution in [3.05, 3.63) is 51.7 Å². The standard InChI is InChI=1S/C18H23N5O3/c1-26-14-4-2-12(3-5-14)11-22-8-6-13(7-9-22)15-10-21-18(20)17(16(15)19)23(24)25/h2-5,10,13H,6-9,11H2,1H3,(H4,19,20,21). The minimum atomic E-state index is -0.556. The van der Waals surface area contributed by atoms with Crippen molar-refractivity contribution in [3.8, 4) is 5.75 Å². The normalized spacial score (nSPS) is 15.7. The highest BCUT2D eigenvalue weighted by molar-refractivity contribution is 5.72. The average Bonchev–Trinajstić information content (AvgIpc) is 2.63. The number of piperidine rings is 1. The fourth-order valence-corrected chi connectivity index (χ4v) is 3.45. The molecule has 0 unspecified atom stereocenters. The van der Waals surface area contributed by atoms with Gasteiger partial charge in [0.25, 0.3) is 0 Å². The predicted octanol–water partition coefficient (Wildman–Crippen LogP) is 2.54. The van der Waals surface area contributed by atoms with Crippen molar-refractivity contribution in [1.82, 2.24) is 9.88 Å². The van der Waals surface area contributed by atoms with Crippen LogP contribution in [0.4, 0.5) is 17.2 Å². The van der Waals surface area contributed by atoms with Crippen molar-refractivity contribution < 1.29 is 9.66 Å². The van der Waals surface area contributed by atoms with Crippen LogP contribution in [0.5, 0.6) is 5.75 Å². The first kappa shape index (κ1) is 17.9. The van der Waals surface area contributed by atoms with Gasteiger partial charge < -0.3 is 16.2 Å². The van der Waals surface area contributed by atoms with E-state index in [1.165, 1.54) is 5.56 Å². The monoisotopic (exact) mass is 357 g/mol. The minimum absolute atomic E-state index is 0.131. The Kier molecular flexibility index (Phi) is 5.22. The molecule has 1 saturated heterocycles. The van der Waals surface area contributed by atoms with Gasteiger partial charge in [-0.2, -0.15) is 0 Å². The SMILES string of the molecule is COc1ccc(CN2CCC(c3cnc(N)c([N+](=O)[O-])c3N)CC2)cc1. The lowest BCUT2D eigenvalue weighted by atomic mass is 9.89. The maximum Gasteiger partial charge on any atom is 0.334 e. The van der Waals surface area contributed by atoms with Gasteiger partial charge in [0.05, 0.1) is 12.0 Å². The second-order valence-corrected chi connectivity index (χ2v) is 6.52. The first-order chi connectivity index (χ1) is 12.5. The molecule has 4 N–H and O–H groups in total. The molecular formula is C18H23N5O3. The van der Waals surface area contributed by atoms with Crippen LogP contribution in [0.1, 0.15) is 29.9 Å².